The fourth-order valence-corrected chi connectivity index (χ4v) is 2.29. The Kier molecular flexibility index (Phi) is 2.66. The van der Waals surface area contributed by atoms with E-state index < -0.39 is 0 Å². The number of rotatable bonds is 0. The summed E-state index contributed by atoms with van der Waals surface area (Å²) >= 11 is 0. The highest BCUT2D eigenvalue weighted by Crippen LogP contribution is 2.26. The molecule has 16 heavy (non-hydrogen) atoms. The number of hydrogen-bond acceptors (Lipinski definition) is 3. The maximum Gasteiger partial charge on any atom is 0.230 e. The van der Waals surface area contributed by atoms with E-state index in [1.807, 2.05) is 25.7 Å². The summed E-state index contributed by atoms with van der Waals surface area (Å²) in [6, 6.07) is 0. The van der Waals surface area contributed by atoms with Crippen LogP contribution in [0.25, 0.3) is 0 Å². The lowest BCUT2D eigenvalue weighted by Gasteiger charge is -2.46. The number of carbonyl (C=O) groups excluding carboxylic acids is 2. The summed E-state index contributed by atoms with van der Waals surface area (Å²) < 4.78 is 0. The van der Waals surface area contributed by atoms with Crippen molar-refractivity contribution < 1.29 is 9.59 Å². The van der Waals surface area contributed by atoms with E-state index in [1.165, 1.54) is 0 Å². The number of carbonyl (C=O) groups is 2. The van der Waals surface area contributed by atoms with Gasteiger partial charge in [0.15, 0.2) is 0 Å². The van der Waals surface area contributed by atoms with E-state index in [9.17, 15) is 9.59 Å². The van der Waals surface area contributed by atoms with Crippen LogP contribution in [-0.4, -0.2) is 35.1 Å². The standard InChI is InChI=1S/C11H19N3O2/c1-11(2,3)14-6-12-9-7(10(14)16)4-5-8(15)13-9/h7,9,12H,4-6H2,1-3H3,(H,13,15). The second kappa shape index (κ2) is 3.73. The van der Waals surface area contributed by atoms with E-state index >= 15 is 0 Å². The minimum atomic E-state index is -0.174. The monoisotopic (exact) mass is 225 g/mol. The highest BCUT2D eigenvalue weighted by Gasteiger charge is 2.42. The van der Waals surface area contributed by atoms with E-state index in [0.717, 1.165) is 0 Å². The summed E-state index contributed by atoms with van der Waals surface area (Å²) in [6.07, 6.45) is 0.925. The Hall–Kier alpha value is -1.10. The van der Waals surface area contributed by atoms with Crippen LogP contribution in [0.5, 0.6) is 0 Å². The molecular formula is C11H19N3O2. The fraction of sp³-hybridized carbons (Fsp3) is 0.818. The summed E-state index contributed by atoms with van der Waals surface area (Å²) in [4.78, 5) is 25.3. The zero-order valence-corrected chi connectivity index (χ0v) is 10.0. The molecule has 0 saturated carbocycles. The lowest BCUT2D eigenvalue weighted by Crippen LogP contribution is -2.67. The number of hydrogen-bond donors (Lipinski definition) is 2. The van der Waals surface area contributed by atoms with E-state index in [4.69, 9.17) is 0 Å². The first kappa shape index (κ1) is 11.4. The van der Waals surface area contributed by atoms with Crippen molar-refractivity contribution in [2.75, 3.05) is 6.67 Å². The van der Waals surface area contributed by atoms with Gasteiger partial charge in [0.1, 0.15) is 0 Å². The third kappa shape index (κ3) is 1.91. The van der Waals surface area contributed by atoms with Crippen LogP contribution in [0.4, 0.5) is 0 Å². The summed E-state index contributed by atoms with van der Waals surface area (Å²) in [5.41, 5.74) is -0.170. The van der Waals surface area contributed by atoms with Gasteiger partial charge in [-0.25, -0.2) is 0 Å². The molecule has 2 amide bonds. The molecule has 2 atom stereocenters. The molecule has 5 nitrogen and oxygen atoms in total. The van der Waals surface area contributed by atoms with Crippen LogP contribution in [0, 0.1) is 5.92 Å². The quantitative estimate of drug-likeness (QED) is 0.611. The predicted octanol–water partition coefficient (Wildman–Crippen LogP) is 0.0265. The highest BCUT2D eigenvalue weighted by molar-refractivity contribution is 5.85. The Morgan fingerprint density at radius 3 is 2.62 bits per heavy atom. The number of nitrogens with one attached hydrogen (secondary N) is 2. The highest BCUT2D eigenvalue weighted by atomic mass is 16.2. The van der Waals surface area contributed by atoms with Crippen molar-refractivity contribution in [3.05, 3.63) is 0 Å². The van der Waals surface area contributed by atoms with E-state index in [0.29, 0.717) is 19.5 Å². The fourth-order valence-electron chi connectivity index (χ4n) is 2.29. The summed E-state index contributed by atoms with van der Waals surface area (Å²) in [5.74, 6) is 0.0766. The number of fused-ring (bicyclic) bond motifs is 1. The summed E-state index contributed by atoms with van der Waals surface area (Å²) in [7, 11) is 0. The van der Waals surface area contributed by atoms with E-state index in [1.54, 1.807) is 0 Å². The van der Waals surface area contributed by atoms with Gasteiger partial charge in [-0.3, -0.25) is 14.9 Å². The molecule has 2 rings (SSSR count). The normalized spacial score (nSPS) is 31.1. The Morgan fingerprint density at radius 1 is 1.31 bits per heavy atom. The minimum Gasteiger partial charge on any atom is -0.340 e. The van der Waals surface area contributed by atoms with Gasteiger partial charge in [0.25, 0.3) is 0 Å². The Morgan fingerprint density at radius 2 is 2.00 bits per heavy atom. The lowest BCUT2D eigenvalue weighted by atomic mass is 9.90. The summed E-state index contributed by atoms with van der Waals surface area (Å²) in [6.45, 7) is 6.57. The van der Waals surface area contributed by atoms with Crippen molar-refractivity contribution in [1.29, 1.82) is 0 Å². The van der Waals surface area contributed by atoms with Crippen LogP contribution >= 0.6 is 0 Å². The number of amides is 2. The third-order valence-electron chi connectivity index (χ3n) is 3.26. The van der Waals surface area contributed by atoms with Crippen LogP contribution < -0.4 is 10.6 Å². The summed E-state index contributed by atoms with van der Waals surface area (Å²) in [5, 5.41) is 6.03. The lowest BCUT2D eigenvalue weighted by molar-refractivity contribution is -0.150. The first-order chi connectivity index (χ1) is 7.39. The van der Waals surface area contributed by atoms with Gasteiger partial charge in [0.05, 0.1) is 18.8 Å². The van der Waals surface area contributed by atoms with Crippen molar-refractivity contribution >= 4 is 11.8 Å². The molecule has 2 saturated heterocycles. The van der Waals surface area contributed by atoms with Crippen molar-refractivity contribution in [1.82, 2.24) is 15.5 Å². The van der Waals surface area contributed by atoms with E-state index in [2.05, 4.69) is 10.6 Å². The van der Waals surface area contributed by atoms with E-state index in [-0.39, 0.29) is 29.4 Å². The first-order valence-electron chi connectivity index (χ1n) is 5.74. The van der Waals surface area contributed by atoms with Gasteiger partial charge < -0.3 is 10.2 Å². The van der Waals surface area contributed by atoms with Gasteiger partial charge >= 0.3 is 0 Å². The zero-order valence-electron chi connectivity index (χ0n) is 10.0. The van der Waals surface area contributed by atoms with Crippen molar-refractivity contribution in [3.63, 3.8) is 0 Å². The molecule has 90 valence electrons. The molecule has 0 aromatic rings. The molecule has 2 fully saturated rings. The van der Waals surface area contributed by atoms with Crippen LogP contribution in [0.2, 0.25) is 0 Å². The topological polar surface area (TPSA) is 61.4 Å². The van der Waals surface area contributed by atoms with Gasteiger partial charge in [-0.2, -0.15) is 0 Å². The SMILES string of the molecule is CC(C)(C)N1CNC2NC(=O)CCC2C1=O. The average molecular weight is 225 g/mol. The van der Waals surface area contributed by atoms with Crippen molar-refractivity contribution in [2.45, 2.75) is 45.3 Å². The average Bonchev–Trinajstić information content (AvgIpc) is 2.15. The van der Waals surface area contributed by atoms with Gasteiger partial charge in [-0.1, -0.05) is 0 Å². The van der Waals surface area contributed by atoms with Crippen LogP contribution in [0.3, 0.4) is 0 Å². The Balaban J connectivity index is 2.13. The maximum absolute atomic E-state index is 12.2. The molecule has 2 aliphatic rings. The molecule has 2 heterocycles. The van der Waals surface area contributed by atoms with Crippen molar-refractivity contribution in [3.8, 4) is 0 Å². The van der Waals surface area contributed by atoms with Crippen molar-refractivity contribution in [2.24, 2.45) is 5.92 Å². The van der Waals surface area contributed by atoms with Gasteiger partial charge in [0, 0.05) is 12.0 Å². The Labute approximate surface area is 95.6 Å². The number of piperidine rings is 1. The molecule has 0 aromatic heterocycles. The minimum absolute atomic E-state index is 0.0331. The smallest absolute Gasteiger partial charge is 0.230 e. The first-order valence-corrected chi connectivity index (χ1v) is 5.74. The zero-order chi connectivity index (χ0) is 11.9. The van der Waals surface area contributed by atoms with Gasteiger partial charge in [0.2, 0.25) is 11.8 Å². The maximum atomic E-state index is 12.2. The molecule has 0 radical (unpaired) electrons. The largest absolute Gasteiger partial charge is 0.340 e. The predicted molar refractivity (Wildman–Crippen MR) is 59.3 cm³/mol. The molecule has 2 aliphatic heterocycles. The molecule has 0 aliphatic carbocycles. The molecular weight excluding hydrogens is 206 g/mol. The molecule has 2 unspecified atom stereocenters. The molecule has 0 bridgehead atoms. The van der Waals surface area contributed by atoms with Crippen LogP contribution in [-0.2, 0) is 9.59 Å². The van der Waals surface area contributed by atoms with Gasteiger partial charge in [-0.15, -0.1) is 0 Å². The molecule has 5 heteroatoms. The molecule has 0 aromatic carbocycles. The van der Waals surface area contributed by atoms with Crippen LogP contribution in [0.15, 0.2) is 0 Å². The Bertz CT molecular complexity index is 322. The molecule has 2 N–H and O–H groups in total. The second-order valence-electron chi connectivity index (χ2n) is 5.49. The number of nitrogens with zero attached hydrogens (tertiary/aromatic N) is 1. The molecule has 0 spiro atoms. The second-order valence-corrected chi connectivity index (χ2v) is 5.49. The van der Waals surface area contributed by atoms with Gasteiger partial charge in [-0.05, 0) is 27.2 Å². The van der Waals surface area contributed by atoms with Crippen LogP contribution in [0.1, 0.15) is 33.6 Å². The third-order valence-corrected chi connectivity index (χ3v) is 3.26.